The molecule has 6 nitrogen and oxygen atoms in total. The molecule has 24 heavy (non-hydrogen) atoms. The van der Waals surface area contributed by atoms with Gasteiger partial charge in [0.2, 0.25) is 0 Å². The van der Waals surface area contributed by atoms with E-state index in [4.69, 9.17) is 9.47 Å². The zero-order valence-corrected chi connectivity index (χ0v) is 15.4. The van der Waals surface area contributed by atoms with Crippen molar-refractivity contribution in [3.05, 3.63) is 41.2 Å². The number of amides is 1. The van der Waals surface area contributed by atoms with E-state index in [0.29, 0.717) is 13.0 Å². The van der Waals surface area contributed by atoms with Crippen LogP contribution >= 0.6 is 11.8 Å². The Morgan fingerprint density at radius 1 is 1.42 bits per heavy atom. The zero-order valence-electron chi connectivity index (χ0n) is 14.5. The van der Waals surface area contributed by atoms with Gasteiger partial charge in [0, 0.05) is 18.8 Å². The van der Waals surface area contributed by atoms with Crippen molar-refractivity contribution in [3.63, 3.8) is 0 Å². The molecule has 1 atom stereocenters. The molecule has 0 aliphatic carbocycles. The Labute approximate surface area is 147 Å². The van der Waals surface area contributed by atoms with Gasteiger partial charge < -0.3 is 14.8 Å². The Morgan fingerprint density at radius 2 is 2.12 bits per heavy atom. The summed E-state index contributed by atoms with van der Waals surface area (Å²) in [6.45, 7) is 8.33. The van der Waals surface area contributed by atoms with Crippen molar-refractivity contribution in [2.75, 3.05) is 6.61 Å². The minimum atomic E-state index is -0.439. The van der Waals surface area contributed by atoms with Crippen LogP contribution in [-0.4, -0.2) is 34.9 Å². The van der Waals surface area contributed by atoms with Crippen molar-refractivity contribution in [2.24, 2.45) is 0 Å². The number of nitrogens with one attached hydrogen (secondary N) is 2. The van der Waals surface area contributed by atoms with E-state index in [1.165, 1.54) is 11.8 Å². The minimum absolute atomic E-state index is 0.123. The molecule has 1 aromatic heterocycles. The number of hydrogen-bond acceptors (Lipinski definition) is 6. The molecule has 7 heteroatoms. The first-order chi connectivity index (χ1) is 11.4. The SMILES string of the molecule is CC(C)OC(C)(C)C1=CSC(NC(=O)OCCc2ccncc2)N1. The predicted molar refractivity (Wildman–Crippen MR) is 95.3 cm³/mol. The molecule has 0 saturated heterocycles. The molecule has 0 fully saturated rings. The molecule has 1 amide bonds. The van der Waals surface area contributed by atoms with Crippen LogP contribution in [0.2, 0.25) is 0 Å². The Kier molecular flexibility index (Phi) is 6.51. The van der Waals surface area contributed by atoms with Crippen LogP contribution < -0.4 is 10.6 Å². The molecule has 0 radical (unpaired) electrons. The van der Waals surface area contributed by atoms with Gasteiger partial charge in [-0.1, -0.05) is 11.8 Å². The summed E-state index contributed by atoms with van der Waals surface area (Å²) in [6, 6.07) is 3.81. The lowest BCUT2D eigenvalue weighted by atomic mass is 10.1. The van der Waals surface area contributed by atoms with Gasteiger partial charge in [-0.05, 0) is 50.8 Å². The molecule has 2 heterocycles. The molecule has 2 N–H and O–H groups in total. The molecule has 2 rings (SSSR count). The van der Waals surface area contributed by atoms with Crippen molar-refractivity contribution >= 4 is 17.9 Å². The number of ether oxygens (including phenoxy) is 2. The van der Waals surface area contributed by atoms with E-state index in [1.807, 2.05) is 45.2 Å². The van der Waals surface area contributed by atoms with E-state index in [-0.39, 0.29) is 11.6 Å². The molecule has 1 aromatic rings. The number of hydrogen-bond donors (Lipinski definition) is 2. The summed E-state index contributed by atoms with van der Waals surface area (Å²) < 4.78 is 11.1. The number of nitrogens with zero attached hydrogens (tertiary/aromatic N) is 1. The number of rotatable bonds is 7. The van der Waals surface area contributed by atoms with Gasteiger partial charge in [0.25, 0.3) is 0 Å². The van der Waals surface area contributed by atoms with Gasteiger partial charge in [-0.2, -0.15) is 0 Å². The van der Waals surface area contributed by atoms with Gasteiger partial charge in [-0.15, -0.1) is 0 Å². The van der Waals surface area contributed by atoms with E-state index in [2.05, 4.69) is 15.6 Å². The smallest absolute Gasteiger partial charge is 0.409 e. The molecule has 1 aliphatic heterocycles. The van der Waals surface area contributed by atoms with Gasteiger partial charge in [-0.3, -0.25) is 10.3 Å². The third kappa shape index (κ3) is 5.72. The van der Waals surface area contributed by atoms with E-state index >= 15 is 0 Å². The summed E-state index contributed by atoms with van der Waals surface area (Å²) in [5.41, 5.74) is 1.36. The number of pyridine rings is 1. The maximum absolute atomic E-state index is 11.9. The van der Waals surface area contributed by atoms with Gasteiger partial charge in [-0.25, -0.2) is 4.79 Å². The highest BCUT2D eigenvalue weighted by Gasteiger charge is 2.31. The highest BCUT2D eigenvalue weighted by Crippen LogP contribution is 2.29. The minimum Gasteiger partial charge on any atom is -0.449 e. The number of alkyl carbamates (subject to hydrolysis) is 1. The Morgan fingerprint density at radius 3 is 2.79 bits per heavy atom. The topological polar surface area (TPSA) is 72.5 Å². The van der Waals surface area contributed by atoms with Crippen LogP contribution in [0.15, 0.2) is 35.6 Å². The fourth-order valence-corrected chi connectivity index (χ4v) is 3.33. The second kappa shape index (κ2) is 8.39. The fraction of sp³-hybridized carbons (Fsp3) is 0.529. The molecule has 1 unspecified atom stereocenters. The lowest BCUT2D eigenvalue weighted by Crippen LogP contribution is -2.45. The maximum atomic E-state index is 11.9. The summed E-state index contributed by atoms with van der Waals surface area (Å²) in [5, 5.41) is 8.02. The van der Waals surface area contributed by atoms with Crippen LogP contribution in [0.25, 0.3) is 0 Å². The van der Waals surface area contributed by atoms with Crippen molar-refractivity contribution < 1.29 is 14.3 Å². The molecule has 1 aliphatic rings. The molecule has 0 aromatic carbocycles. The molecular formula is C17H25N3O3S. The molecule has 0 spiro atoms. The summed E-state index contributed by atoms with van der Waals surface area (Å²) in [7, 11) is 0. The van der Waals surface area contributed by atoms with Crippen molar-refractivity contribution in [1.82, 2.24) is 15.6 Å². The third-order valence-corrected chi connectivity index (χ3v) is 4.29. The van der Waals surface area contributed by atoms with Crippen LogP contribution in [-0.2, 0) is 15.9 Å². The second-order valence-corrected chi connectivity index (χ2v) is 7.23. The van der Waals surface area contributed by atoms with Gasteiger partial charge >= 0.3 is 6.09 Å². The number of aromatic nitrogens is 1. The Hall–Kier alpha value is -1.73. The normalized spacial score (nSPS) is 17.4. The van der Waals surface area contributed by atoms with Gasteiger partial charge in [0.1, 0.15) is 5.60 Å². The first-order valence-electron chi connectivity index (χ1n) is 7.99. The monoisotopic (exact) mass is 351 g/mol. The van der Waals surface area contributed by atoms with Crippen molar-refractivity contribution in [1.29, 1.82) is 0 Å². The van der Waals surface area contributed by atoms with Crippen LogP contribution in [0.1, 0.15) is 33.3 Å². The average molecular weight is 351 g/mol. The number of carbonyl (C=O) groups is 1. The quantitative estimate of drug-likeness (QED) is 0.787. The van der Waals surface area contributed by atoms with E-state index in [0.717, 1.165) is 11.3 Å². The van der Waals surface area contributed by atoms with Crippen molar-refractivity contribution in [2.45, 2.75) is 51.3 Å². The summed E-state index contributed by atoms with van der Waals surface area (Å²) >= 11 is 1.49. The second-order valence-electron chi connectivity index (χ2n) is 6.25. The fourth-order valence-electron chi connectivity index (χ4n) is 2.34. The van der Waals surface area contributed by atoms with Crippen molar-refractivity contribution in [3.8, 4) is 0 Å². The Balaban J connectivity index is 1.70. The number of thioether (sulfide) groups is 1. The largest absolute Gasteiger partial charge is 0.449 e. The highest BCUT2D eigenvalue weighted by atomic mass is 32.2. The lowest BCUT2D eigenvalue weighted by Gasteiger charge is -2.30. The van der Waals surface area contributed by atoms with Crippen LogP contribution in [0.3, 0.4) is 0 Å². The van der Waals surface area contributed by atoms with Gasteiger partial charge in [0.15, 0.2) is 5.50 Å². The molecular weight excluding hydrogens is 326 g/mol. The number of carbonyl (C=O) groups excluding carboxylic acids is 1. The zero-order chi connectivity index (χ0) is 17.6. The highest BCUT2D eigenvalue weighted by molar-refractivity contribution is 8.02. The summed E-state index contributed by atoms with van der Waals surface area (Å²) in [5.74, 6) is 0. The predicted octanol–water partition coefficient (Wildman–Crippen LogP) is 3.02. The van der Waals surface area contributed by atoms with E-state index in [9.17, 15) is 4.79 Å². The molecule has 132 valence electrons. The lowest BCUT2D eigenvalue weighted by molar-refractivity contribution is -0.0342. The van der Waals surface area contributed by atoms with E-state index in [1.54, 1.807) is 12.4 Å². The first kappa shape index (κ1) is 18.6. The molecule has 0 bridgehead atoms. The standard InChI is InChI=1S/C17H25N3O3S/c1-12(2)23-17(3,4)14-11-24-15(19-14)20-16(21)22-10-7-13-5-8-18-9-6-13/h5-6,8-9,11-12,15,19H,7,10H2,1-4H3,(H,20,21). The van der Waals surface area contributed by atoms with Crippen LogP contribution in [0.4, 0.5) is 4.79 Å². The maximum Gasteiger partial charge on any atom is 0.409 e. The van der Waals surface area contributed by atoms with E-state index < -0.39 is 11.7 Å². The van der Waals surface area contributed by atoms with Crippen LogP contribution in [0, 0.1) is 0 Å². The average Bonchev–Trinajstić information content (AvgIpc) is 2.96. The summed E-state index contributed by atoms with van der Waals surface area (Å²) in [6.07, 6.45) is 3.80. The van der Waals surface area contributed by atoms with Crippen LogP contribution in [0.5, 0.6) is 0 Å². The Bertz CT molecular complexity index is 576. The third-order valence-electron chi connectivity index (χ3n) is 3.41. The molecule has 0 saturated carbocycles. The van der Waals surface area contributed by atoms with Gasteiger partial charge in [0.05, 0.1) is 18.4 Å². The summed E-state index contributed by atoms with van der Waals surface area (Å²) in [4.78, 5) is 15.8. The first-order valence-corrected chi connectivity index (χ1v) is 8.94.